The Morgan fingerprint density at radius 2 is 1.33 bits per heavy atom. The molecule has 1 heterocycles. The highest BCUT2D eigenvalue weighted by Gasteiger charge is 2.44. The van der Waals surface area contributed by atoms with Crippen molar-refractivity contribution in [2.45, 2.75) is 24.9 Å². The van der Waals surface area contributed by atoms with E-state index < -0.39 is 5.60 Å². The molecule has 0 saturated heterocycles. The Morgan fingerprint density at radius 1 is 0.667 bits per heavy atom. The largest absolute Gasteiger partial charge is 0.508 e. The van der Waals surface area contributed by atoms with Crippen LogP contribution in [0.25, 0.3) is 39.1 Å². The van der Waals surface area contributed by atoms with Crippen LogP contribution >= 0.6 is 0 Å². The standard InChI is InChI=1S/C41H32O4/c1-40(2)36-23-26(25-7-5-4-6-8-25)9-19-33(36)37-35-24-31(44-3)18-20-32(35)39-34(38(37)40)21-22-41(45-39,27-10-14-29(42)15-11-27)28-12-16-30(43)17-13-28/h4-24,42-43H,1-3H3. The Bertz CT molecular complexity index is 2090. The molecule has 0 radical (unpaired) electrons. The minimum absolute atomic E-state index is 0.185. The molecule has 0 saturated carbocycles. The van der Waals surface area contributed by atoms with Gasteiger partial charge < -0.3 is 19.7 Å². The number of phenols is 2. The molecule has 220 valence electrons. The number of hydrogen-bond donors (Lipinski definition) is 2. The van der Waals surface area contributed by atoms with Gasteiger partial charge in [0.05, 0.1) is 7.11 Å². The van der Waals surface area contributed by atoms with E-state index in [4.69, 9.17) is 9.47 Å². The molecular weight excluding hydrogens is 556 g/mol. The second-order valence-electron chi connectivity index (χ2n) is 12.4. The molecule has 4 nitrogen and oxygen atoms in total. The van der Waals surface area contributed by atoms with E-state index in [2.05, 4.69) is 80.6 Å². The molecule has 2 N–H and O–H groups in total. The van der Waals surface area contributed by atoms with E-state index in [1.807, 2.05) is 36.4 Å². The highest BCUT2D eigenvalue weighted by molar-refractivity contribution is 6.09. The van der Waals surface area contributed by atoms with E-state index in [0.29, 0.717) is 0 Å². The molecule has 0 amide bonds. The normalized spacial score (nSPS) is 15.2. The van der Waals surface area contributed by atoms with Crippen molar-refractivity contribution >= 4 is 16.8 Å². The zero-order valence-electron chi connectivity index (χ0n) is 25.3. The lowest BCUT2D eigenvalue weighted by Gasteiger charge is -2.38. The van der Waals surface area contributed by atoms with Gasteiger partial charge in [-0.15, -0.1) is 0 Å². The van der Waals surface area contributed by atoms with Crippen molar-refractivity contribution < 1.29 is 19.7 Å². The van der Waals surface area contributed by atoms with E-state index >= 15 is 0 Å². The average Bonchev–Trinajstić information content (AvgIpc) is 3.31. The van der Waals surface area contributed by atoms with Crippen LogP contribution in [-0.2, 0) is 11.0 Å². The molecule has 8 rings (SSSR count). The van der Waals surface area contributed by atoms with Crippen molar-refractivity contribution in [3.8, 4) is 45.3 Å². The number of rotatable bonds is 4. The molecule has 1 aliphatic heterocycles. The number of aromatic hydroxyl groups is 2. The van der Waals surface area contributed by atoms with E-state index in [9.17, 15) is 10.2 Å². The molecule has 0 atom stereocenters. The maximum absolute atomic E-state index is 10.1. The van der Waals surface area contributed by atoms with Crippen molar-refractivity contribution in [3.05, 3.63) is 149 Å². The predicted octanol–water partition coefficient (Wildman–Crippen LogP) is 9.58. The summed E-state index contributed by atoms with van der Waals surface area (Å²) in [5.41, 5.74) is 8.78. The first-order valence-corrected chi connectivity index (χ1v) is 15.2. The molecule has 0 unspecified atom stereocenters. The Hall–Kier alpha value is -5.48. The maximum atomic E-state index is 10.1. The Morgan fingerprint density at radius 3 is 1.98 bits per heavy atom. The predicted molar refractivity (Wildman–Crippen MR) is 180 cm³/mol. The van der Waals surface area contributed by atoms with Crippen molar-refractivity contribution in [1.82, 2.24) is 0 Å². The van der Waals surface area contributed by atoms with E-state index in [-0.39, 0.29) is 16.9 Å². The summed E-state index contributed by atoms with van der Waals surface area (Å²) in [6.07, 6.45) is 4.31. The number of ether oxygens (including phenoxy) is 2. The third kappa shape index (κ3) is 3.99. The molecule has 0 fully saturated rings. The quantitative estimate of drug-likeness (QED) is 0.215. The van der Waals surface area contributed by atoms with Crippen molar-refractivity contribution in [2.24, 2.45) is 0 Å². The molecule has 0 bridgehead atoms. The third-order valence-corrected chi connectivity index (χ3v) is 9.54. The second kappa shape index (κ2) is 9.76. The van der Waals surface area contributed by atoms with Crippen LogP contribution in [-0.4, -0.2) is 17.3 Å². The van der Waals surface area contributed by atoms with Crippen LogP contribution in [0.3, 0.4) is 0 Å². The van der Waals surface area contributed by atoms with Gasteiger partial charge in [0.15, 0.2) is 5.60 Å². The lowest BCUT2D eigenvalue weighted by molar-refractivity contribution is 0.163. The summed E-state index contributed by atoms with van der Waals surface area (Å²) >= 11 is 0. The minimum Gasteiger partial charge on any atom is -0.508 e. The van der Waals surface area contributed by atoms with Gasteiger partial charge in [-0.25, -0.2) is 0 Å². The topological polar surface area (TPSA) is 58.9 Å². The smallest absolute Gasteiger partial charge is 0.178 e. The van der Waals surface area contributed by atoms with Crippen LogP contribution in [0.2, 0.25) is 0 Å². The van der Waals surface area contributed by atoms with Gasteiger partial charge >= 0.3 is 0 Å². The average molecular weight is 589 g/mol. The summed E-state index contributed by atoms with van der Waals surface area (Å²) in [5.74, 6) is 1.94. The van der Waals surface area contributed by atoms with Gasteiger partial charge in [-0.1, -0.05) is 86.7 Å². The van der Waals surface area contributed by atoms with Crippen molar-refractivity contribution in [3.63, 3.8) is 0 Å². The number of benzene rings is 6. The number of hydrogen-bond acceptors (Lipinski definition) is 4. The lowest BCUT2D eigenvalue weighted by atomic mass is 9.76. The van der Waals surface area contributed by atoms with E-state index in [1.54, 1.807) is 31.4 Å². The SMILES string of the molecule is COc1ccc2c3c(c4c(c2c1)-c1ccc(-c2ccccc2)cc1C4(C)C)C=CC(c1ccc(O)cc1)(c1ccc(O)cc1)O3. The summed E-state index contributed by atoms with van der Waals surface area (Å²) in [6, 6.07) is 37.8. The monoisotopic (exact) mass is 588 g/mol. The molecule has 2 aliphatic rings. The summed E-state index contributed by atoms with van der Waals surface area (Å²) in [6.45, 7) is 4.60. The molecule has 0 spiro atoms. The van der Waals surface area contributed by atoms with Gasteiger partial charge in [-0.05, 0) is 93.4 Å². The first kappa shape index (κ1) is 27.1. The lowest BCUT2D eigenvalue weighted by Crippen LogP contribution is -2.35. The van der Waals surface area contributed by atoms with E-state index in [0.717, 1.165) is 39.0 Å². The van der Waals surface area contributed by atoms with Gasteiger partial charge in [0.25, 0.3) is 0 Å². The molecule has 6 aromatic rings. The summed E-state index contributed by atoms with van der Waals surface area (Å²) in [7, 11) is 1.70. The molecule has 6 aromatic carbocycles. The fraction of sp³-hybridized carbons (Fsp3) is 0.122. The zero-order valence-corrected chi connectivity index (χ0v) is 25.3. The minimum atomic E-state index is -0.994. The maximum Gasteiger partial charge on any atom is 0.178 e. The van der Waals surface area contributed by atoms with Gasteiger partial charge in [0.1, 0.15) is 23.0 Å². The first-order valence-electron chi connectivity index (χ1n) is 15.2. The summed E-state index contributed by atoms with van der Waals surface area (Å²) in [4.78, 5) is 0. The number of methoxy groups -OCH3 is 1. The number of fused-ring (bicyclic) bond motifs is 8. The van der Waals surface area contributed by atoms with Crippen LogP contribution in [0.15, 0.2) is 121 Å². The highest BCUT2D eigenvalue weighted by atomic mass is 16.5. The van der Waals surface area contributed by atoms with Crippen LogP contribution in [0, 0.1) is 0 Å². The first-order chi connectivity index (χ1) is 21.8. The van der Waals surface area contributed by atoms with Crippen LogP contribution in [0.4, 0.5) is 0 Å². The molecule has 0 aromatic heterocycles. The Labute approximate surface area is 262 Å². The Kier molecular flexibility index (Phi) is 5.88. The van der Waals surface area contributed by atoms with Crippen LogP contribution in [0.5, 0.6) is 23.0 Å². The van der Waals surface area contributed by atoms with Crippen molar-refractivity contribution in [2.75, 3.05) is 7.11 Å². The fourth-order valence-electron chi connectivity index (χ4n) is 7.30. The van der Waals surface area contributed by atoms with Gasteiger partial charge in [0.2, 0.25) is 0 Å². The number of phenolic OH excluding ortho intramolecular Hbond substituents is 2. The van der Waals surface area contributed by atoms with Gasteiger partial charge in [-0.2, -0.15) is 0 Å². The Balaban J connectivity index is 1.41. The molecule has 4 heteroatoms. The van der Waals surface area contributed by atoms with Gasteiger partial charge in [0, 0.05) is 27.5 Å². The van der Waals surface area contributed by atoms with Crippen LogP contribution in [0.1, 0.15) is 41.7 Å². The summed E-state index contributed by atoms with van der Waals surface area (Å²) < 4.78 is 13.0. The second-order valence-corrected chi connectivity index (χ2v) is 12.4. The highest BCUT2D eigenvalue weighted by Crippen LogP contribution is 2.59. The van der Waals surface area contributed by atoms with Crippen molar-refractivity contribution in [1.29, 1.82) is 0 Å². The fourth-order valence-corrected chi connectivity index (χ4v) is 7.30. The zero-order chi connectivity index (χ0) is 30.9. The molecular formula is C41H32O4. The van der Waals surface area contributed by atoms with Gasteiger partial charge in [-0.3, -0.25) is 0 Å². The molecule has 45 heavy (non-hydrogen) atoms. The van der Waals surface area contributed by atoms with E-state index in [1.165, 1.54) is 33.4 Å². The molecule has 1 aliphatic carbocycles. The summed E-state index contributed by atoms with van der Waals surface area (Å²) in [5, 5.41) is 22.3. The van der Waals surface area contributed by atoms with Crippen LogP contribution < -0.4 is 9.47 Å². The third-order valence-electron chi connectivity index (χ3n) is 9.54.